The third kappa shape index (κ3) is 4.26. The van der Waals surface area contributed by atoms with E-state index in [-0.39, 0.29) is 0 Å². The lowest BCUT2D eigenvalue weighted by Crippen LogP contribution is -2.49. The van der Waals surface area contributed by atoms with Crippen LogP contribution in [0.4, 0.5) is 0 Å². The van der Waals surface area contributed by atoms with Crippen LogP contribution in [0.25, 0.3) is 0 Å². The lowest BCUT2D eigenvalue weighted by atomic mass is 9.76. The molecule has 0 amide bonds. The lowest BCUT2D eigenvalue weighted by molar-refractivity contribution is -0.0893. The predicted octanol–water partition coefficient (Wildman–Crippen LogP) is 3.32. The van der Waals surface area contributed by atoms with E-state index in [4.69, 9.17) is 14.0 Å². The van der Waals surface area contributed by atoms with E-state index in [0.717, 1.165) is 19.9 Å². The van der Waals surface area contributed by atoms with Gasteiger partial charge in [-0.15, -0.1) is 0 Å². The molecular weight excluding hydrogens is 462 g/mol. The van der Waals surface area contributed by atoms with Crippen molar-refractivity contribution in [2.24, 2.45) is 0 Å². The summed E-state index contributed by atoms with van der Waals surface area (Å²) < 4.78 is 19.8. The summed E-state index contributed by atoms with van der Waals surface area (Å²) in [4.78, 5) is 0. The molecule has 0 bridgehead atoms. The highest BCUT2D eigenvalue weighted by molar-refractivity contribution is 9.13. The summed E-state index contributed by atoms with van der Waals surface area (Å²) in [5.41, 5.74) is -0.731. The molecule has 0 aromatic heterocycles. The number of rotatable bonds is 5. The van der Waals surface area contributed by atoms with Crippen LogP contribution in [0.2, 0.25) is 0 Å². The first-order chi connectivity index (χ1) is 11.6. The van der Waals surface area contributed by atoms with E-state index in [1.54, 1.807) is 21.3 Å². The Balaban J connectivity index is 2.22. The quantitative estimate of drug-likeness (QED) is 0.646. The summed E-state index contributed by atoms with van der Waals surface area (Å²) in [5.74, 6) is 0. The summed E-state index contributed by atoms with van der Waals surface area (Å²) in [7, 11) is 1.20. The van der Waals surface area contributed by atoms with Gasteiger partial charge in [0.25, 0.3) is 0 Å². The van der Waals surface area contributed by atoms with Gasteiger partial charge in [-0.2, -0.15) is 0 Å². The molecule has 1 aromatic carbocycles. The molecule has 0 unspecified atom stereocenters. The zero-order valence-corrected chi connectivity index (χ0v) is 19.9. The molecule has 1 aliphatic heterocycles. The van der Waals surface area contributed by atoms with Crippen LogP contribution in [0.15, 0.2) is 21.1 Å². The van der Waals surface area contributed by atoms with Crippen LogP contribution in [0.1, 0.15) is 55.4 Å². The van der Waals surface area contributed by atoms with Crippen molar-refractivity contribution in [3.8, 4) is 0 Å². The second kappa shape index (κ2) is 7.20. The minimum absolute atomic E-state index is 0.395. The largest absolute Gasteiger partial charge is 0.496 e. The van der Waals surface area contributed by atoms with Crippen LogP contribution in [-0.2, 0) is 14.0 Å². The summed E-state index contributed by atoms with van der Waals surface area (Å²) in [6, 6.07) is 3.90. The van der Waals surface area contributed by atoms with Gasteiger partial charge in [-0.25, -0.2) is 0 Å². The number of aliphatic hydroxyl groups is 1. The molecule has 2 rings (SSSR count). The Labute approximate surface area is 175 Å². The molecule has 0 saturated carbocycles. The number of hydrogen-bond acceptors (Lipinski definition) is 4. The van der Waals surface area contributed by atoms with Gasteiger partial charge in [0.1, 0.15) is 0 Å². The van der Waals surface area contributed by atoms with Gasteiger partial charge in [-0.05, 0) is 66.3 Å². The molecule has 0 spiro atoms. The normalized spacial score (nSPS) is 19.7. The molecule has 143 valence electrons. The summed E-state index contributed by atoms with van der Waals surface area (Å²) >= 11 is 7.27. The Hall–Kier alpha value is 0.150. The molecule has 1 radical (unpaired) electrons. The Kier molecular flexibility index (Phi) is 6.21. The van der Waals surface area contributed by atoms with Crippen molar-refractivity contribution in [2.45, 2.75) is 77.8 Å². The van der Waals surface area contributed by atoms with Crippen molar-refractivity contribution >= 4 is 57.4 Å². The van der Waals surface area contributed by atoms with Gasteiger partial charge >= 0.3 is 14.6 Å². The van der Waals surface area contributed by atoms with Crippen molar-refractivity contribution < 1.29 is 19.1 Å². The maximum atomic E-state index is 10.2. The van der Waals surface area contributed by atoms with Gasteiger partial charge in [0.2, 0.25) is 0 Å². The molecule has 8 heteroatoms. The first kappa shape index (κ1) is 22.4. The highest BCUT2D eigenvalue weighted by Gasteiger charge is 2.52. The van der Waals surface area contributed by atoms with Gasteiger partial charge < -0.3 is 19.1 Å². The van der Waals surface area contributed by atoms with E-state index in [0.29, 0.717) is 0 Å². The van der Waals surface area contributed by atoms with Crippen LogP contribution >= 0.6 is 31.9 Å². The second-order valence-corrected chi connectivity index (χ2v) is 10.4. The highest BCUT2D eigenvalue weighted by atomic mass is 79.9. The van der Waals surface area contributed by atoms with Crippen LogP contribution in [-0.4, -0.2) is 42.1 Å². The second-order valence-electron chi connectivity index (χ2n) is 8.77. The van der Waals surface area contributed by atoms with Crippen LogP contribution in [0.5, 0.6) is 0 Å². The van der Waals surface area contributed by atoms with Crippen molar-refractivity contribution in [3.05, 3.63) is 21.1 Å². The third-order valence-corrected chi connectivity index (χ3v) is 7.84. The molecule has 0 aliphatic carbocycles. The fraction of sp³-hybridized carbons (Fsp3) is 0.667. The zero-order valence-electron chi connectivity index (χ0n) is 16.7. The molecule has 4 nitrogen and oxygen atoms in total. The van der Waals surface area contributed by atoms with E-state index >= 15 is 0 Å². The highest BCUT2D eigenvalue weighted by Crippen LogP contribution is 2.37. The molecule has 26 heavy (non-hydrogen) atoms. The molecule has 1 aliphatic rings. The third-order valence-electron chi connectivity index (χ3n) is 5.60. The minimum Gasteiger partial charge on any atom is -0.427 e. The monoisotopic (exact) mass is 487 g/mol. The first-order valence-corrected chi connectivity index (χ1v) is 10.2. The van der Waals surface area contributed by atoms with Gasteiger partial charge in [0.05, 0.1) is 22.4 Å². The summed E-state index contributed by atoms with van der Waals surface area (Å²) in [5, 5.41) is 10.2. The van der Waals surface area contributed by atoms with Gasteiger partial charge in [-0.1, -0.05) is 44.0 Å². The Morgan fingerprint density at radius 3 is 1.96 bits per heavy atom. The number of hydrogen-bond donors (Lipinski definition) is 1. The molecule has 1 N–H and O–H groups in total. The van der Waals surface area contributed by atoms with E-state index in [1.807, 2.05) is 53.7 Å². The zero-order chi connectivity index (χ0) is 20.1. The Morgan fingerprint density at radius 2 is 1.50 bits per heavy atom. The summed E-state index contributed by atoms with van der Waals surface area (Å²) in [6.07, 6.45) is 0. The van der Waals surface area contributed by atoms with E-state index in [2.05, 4.69) is 31.9 Å². The molecule has 0 atom stereocenters. The standard InChI is InChI=1S/C18H27B2Br2O4/c1-15(2,23)16(3,4)24-19-11-9-10-12(14(22)13(11)21)20-25-17(5,6)18(7,8)26-20/h9-10,23H,1-8H3. The van der Waals surface area contributed by atoms with E-state index in [1.165, 1.54) is 0 Å². The van der Waals surface area contributed by atoms with Crippen LogP contribution in [0, 0.1) is 0 Å². The SMILES string of the molecule is CC(C)(O)C(C)(C)O[B]c1ccc(B2OC(C)(C)C(C)(C)O2)c(Br)c1Br. The van der Waals surface area contributed by atoms with Gasteiger partial charge in [-0.3, -0.25) is 0 Å². The molecule has 1 aromatic rings. The van der Waals surface area contributed by atoms with Crippen LogP contribution < -0.4 is 10.9 Å². The average molecular weight is 489 g/mol. The average Bonchev–Trinajstić information content (AvgIpc) is 2.67. The number of halogens is 2. The lowest BCUT2D eigenvalue weighted by Gasteiger charge is -2.37. The Morgan fingerprint density at radius 1 is 1.00 bits per heavy atom. The maximum absolute atomic E-state index is 10.2. The maximum Gasteiger partial charge on any atom is 0.496 e. The van der Waals surface area contributed by atoms with Crippen molar-refractivity contribution in [1.29, 1.82) is 0 Å². The van der Waals surface area contributed by atoms with Crippen molar-refractivity contribution in [3.63, 3.8) is 0 Å². The summed E-state index contributed by atoms with van der Waals surface area (Å²) in [6.45, 7) is 15.3. The fourth-order valence-corrected chi connectivity index (χ4v) is 3.18. The Bertz CT molecular complexity index is 669. The molecule has 1 fully saturated rings. The smallest absolute Gasteiger partial charge is 0.427 e. The van der Waals surface area contributed by atoms with E-state index in [9.17, 15) is 5.11 Å². The fourth-order valence-electron chi connectivity index (χ4n) is 2.18. The van der Waals surface area contributed by atoms with Crippen LogP contribution in [0.3, 0.4) is 0 Å². The van der Waals surface area contributed by atoms with Crippen molar-refractivity contribution in [2.75, 3.05) is 0 Å². The molecular formula is C18H27B2Br2O4. The molecule has 1 saturated heterocycles. The minimum atomic E-state index is -0.976. The van der Waals surface area contributed by atoms with Gasteiger partial charge in [0, 0.05) is 8.95 Å². The van der Waals surface area contributed by atoms with Crippen molar-refractivity contribution in [1.82, 2.24) is 0 Å². The van der Waals surface area contributed by atoms with Gasteiger partial charge in [0.15, 0.2) is 0 Å². The van der Waals surface area contributed by atoms with E-state index < -0.39 is 29.5 Å². The predicted molar refractivity (Wildman–Crippen MR) is 114 cm³/mol. The molecule has 1 heterocycles. The topological polar surface area (TPSA) is 47.9 Å². The first-order valence-electron chi connectivity index (χ1n) is 8.66. The number of benzene rings is 1.